The van der Waals surface area contributed by atoms with Gasteiger partial charge in [-0.15, -0.1) is 0 Å². The summed E-state index contributed by atoms with van der Waals surface area (Å²) in [6, 6.07) is 2.98. The number of nitrogens with one attached hydrogen (secondary N) is 1. The van der Waals surface area contributed by atoms with Crippen LogP contribution in [-0.2, 0) is 6.54 Å². The molecular weight excluding hydrogens is 293 g/mol. The molecule has 2 aromatic heterocycles. The zero-order valence-corrected chi connectivity index (χ0v) is 12.7. The van der Waals surface area contributed by atoms with E-state index in [2.05, 4.69) is 9.97 Å². The molecule has 110 valence electrons. The van der Waals surface area contributed by atoms with Gasteiger partial charge in [0.2, 0.25) is 5.89 Å². The van der Waals surface area contributed by atoms with Crippen LogP contribution >= 0.6 is 12.2 Å². The predicted molar refractivity (Wildman–Crippen MR) is 78.7 cm³/mol. The Morgan fingerprint density at radius 3 is 2.81 bits per heavy atom. The summed E-state index contributed by atoms with van der Waals surface area (Å²) in [6.45, 7) is 4.12. The fourth-order valence-electron chi connectivity index (χ4n) is 2.21. The molecule has 0 aliphatic rings. The molecule has 0 spiro atoms. The lowest BCUT2D eigenvalue weighted by atomic mass is 10.3. The fraction of sp³-hybridized carbons (Fsp3) is 0.286. The van der Waals surface area contributed by atoms with Crippen molar-refractivity contribution in [2.24, 2.45) is 0 Å². The number of nitrogens with zero attached hydrogens (tertiary/aromatic N) is 2. The van der Waals surface area contributed by atoms with E-state index in [9.17, 15) is 4.39 Å². The summed E-state index contributed by atoms with van der Waals surface area (Å²) in [6.07, 6.45) is 0. The number of aryl methyl sites for hydroxylation is 2. The van der Waals surface area contributed by atoms with Gasteiger partial charge in [0.05, 0.1) is 23.8 Å². The van der Waals surface area contributed by atoms with Gasteiger partial charge in [-0.1, -0.05) is 0 Å². The number of H-pyrrole nitrogens is 1. The highest BCUT2D eigenvalue weighted by Gasteiger charge is 2.13. The highest BCUT2D eigenvalue weighted by Crippen LogP contribution is 2.25. The van der Waals surface area contributed by atoms with Crippen molar-refractivity contribution < 1.29 is 13.5 Å². The smallest absolute Gasteiger partial charge is 0.214 e. The number of benzene rings is 1. The Morgan fingerprint density at radius 1 is 1.43 bits per heavy atom. The van der Waals surface area contributed by atoms with Gasteiger partial charge < -0.3 is 18.7 Å². The maximum Gasteiger partial charge on any atom is 0.214 e. The molecule has 0 bridgehead atoms. The molecule has 21 heavy (non-hydrogen) atoms. The number of aromatic amines is 1. The van der Waals surface area contributed by atoms with Crippen LogP contribution in [0.2, 0.25) is 0 Å². The van der Waals surface area contributed by atoms with Gasteiger partial charge in [0.25, 0.3) is 0 Å². The highest BCUT2D eigenvalue weighted by molar-refractivity contribution is 7.71. The van der Waals surface area contributed by atoms with Crippen molar-refractivity contribution in [2.75, 3.05) is 7.11 Å². The standard InChI is InChI=1S/C14H14FN3O2S/c1-7-8(2)20-13(16-7)6-18-11-5-12(19-3)9(15)4-10(11)17-14(18)21/h4-5H,6H2,1-3H3,(H,17,21). The van der Waals surface area contributed by atoms with Crippen molar-refractivity contribution in [3.8, 4) is 5.75 Å². The lowest BCUT2D eigenvalue weighted by molar-refractivity contribution is 0.387. The molecule has 0 aliphatic heterocycles. The number of fused-ring (bicyclic) bond motifs is 1. The molecule has 3 aromatic rings. The Kier molecular flexibility index (Phi) is 3.29. The van der Waals surface area contributed by atoms with Crippen molar-refractivity contribution in [3.05, 3.63) is 40.1 Å². The van der Waals surface area contributed by atoms with Crippen molar-refractivity contribution in [1.82, 2.24) is 14.5 Å². The van der Waals surface area contributed by atoms with Crippen LogP contribution in [0.25, 0.3) is 11.0 Å². The van der Waals surface area contributed by atoms with Crippen molar-refractivity contribution in [2.45, 2.75) is 20.4 Å². The number of oxazole rings is 1. The Bertz CT molecular complexity index is 859. The van der Waals surface area contributed by atoms with Crippen LogP contribution in [0.15, 0.2) is 16.5 Å². The van der Waals surface area contributed by atoms with Gasteiger partial charge in [-0.3, -0.25) is 0 Å². The maximum absolute atomic E-state index is 13.7. The number of halogens is 1. The number of rotatable bonds is 3. The molecule has 5 nitrogen and oxygen atoms in total. The van der Waals surface area contributed by atoms with E-state index in [1.807, 2.05) is 13.8 Å². The zero-order valence-electron chi connectivity index (χ0n) is 11.9. The number of hydrogen-bond acceptors (Lipinski definition) is 4. The quantitative estimate of drug-likeness (QED) is 0.752. The maximum atomic E-state index is 13.7. The summed E-state index contributed by atoms with van der Waals surface area (Å²) in [7, 11) is 1.43. The number of hydrogen-bond donors (Lipinski definition) is 1. The number of methoxy groups -OCH3 is 1. The first-order valence-corrected chi connectivity index (χ1v) is 6.79. The van der Waals surface area contributed by atoms with Crippen LogP contribution < -0.4 is 4.74 Å². The molecule has 0 unspecified atom stereocenters. The van der Waals surface area contributed by atoms with Gasteiger partial charge >= 0.3 is 0 Å². The van der Waals surface area contributed by atoms with Crippen LogP contribution in [0.3, 0.4) is 0 Å². The molecule has 0 saturated carbocycles. The lowest BCUT2D eigenvalue weighted by Crippen LogP contribution is -2.00. The van der Waals surface area contributed by atoms with Crippen LogP contribution in [0.5, 0.6) is 5.75 Å². The van der Waals surface area contributed by atoms with Crippen molar-refractivity contribution in [3.63, 3.8) is 0 Å². The van der Waals surface area contributed by atoms with Crippen LogP contribution in [0.1, 0.15) is 17.3 Å². The summed E-state index contributed by atoms with van der Waals surface area (Å²) in [5.41, 5.74) is 2.20. The van der Waals surface area contributed by atoms with Gasteiger partial charge in [0.1, 0.15) is 12.3 Å². The molecule has 0 amide bonds. The monoisotopic (exact) mass is 307 g/mol. The lowest BCUT2D eigenvalue weighted by Gasteiger charge is -2.04. The molecule has 0 fully saturated rings. The van der Waals surface area contributed by atoms with Gasteiger partial charge in [0, 0.05) is 12.1 Å². The normalized spacial score (nSPS) is 11.2. The molecule has 1 aromatic carbocycles. The summed E-state index contributed by atoms with van der Waals surface area (Å²) in [4.78, 5) is 7.31. The average molecular weight is 307 g/mol. The second kappa shape index (κ2) is 5.00. The van der Waals surface area contributed by atoms with Gasteiger partial charge in [0.15, 0.2) is 16.3 Å². The van der Waals surface area contributed by atoms with Crippen LogP contribution in [-0.4, -0.2) is 21.6 Å². The van der Waals surface area contributed by atoms with Crippen molar-refractivity contribution >= 4 is 23.3 Å². The largest absolute Gasteiger partial charge is 0.494 e. The summed E-state index contributed by atoms with van der Waals surface area (Å²) in [5.74, 6) is 1.08. The zero-order chi connectivity index (χ0) is 15.1. The summed E-state index contributed by atoms with van der Waals surface area (Å²) < 4.78 is 26.6. The number of aromatic nitrogens is 3. The molecule has 2 heterocycles. The minimum atomic E-state index is -0.434. The van der Waals surface area contributed by atoms with E-state index in [4.69, 9.17) is 21.4 Å². The van der Waals surface area contributed by atoms with E-state index in [-0.39, 0.29) is 5.75 Å². The second-order valence-electron chi connectivity index (χ2n) is 4.77. The fourth-order valence-corrected chi connectivity index (χ4v) is 2.49. The van der Waals surface area contributed by atoms with Crippen molar-refractivity contribution in [1.29, 1.82) is 0 Å². The SMILES string of the molecule is COc1cc2c(cc1F)[nH]c(=S)n2Cc1nc(C)c(C)o1. The molecule has 0 aliphatic carbocycles. The molecule has 3 rings (SSSR count). The third kappa shape index (κ3) is 2.33. The molecule has 1 N–H and O–H groups in total. The molecule has 0 atom stereocenters. The molecule has 0 radical (unpaired) electrons. The first kappa shape index (κ1) is 13.8. The van der Waals surface area contributed by atoms with E-state index in [1.54, 1.807) is 10.6 Å². The molecule has 0 saturated heterocycles. The van der Waals surface area contributed by atoms with Crippen LogP contribution in [0.4, 0.5) is 4.39 Å². The first-order valence-electron chi connectivity index (χ1n) is 6.38. The highest BCUT2D eigenvalue weighted by atomic mass is 32.1. The minimum absolute atomic E-state index is 0.171. The number of imidazole rings is 1. The van der Waals surface area contributed by atoms with Crippen LogP contribution in [0, 0.1) is 24.4 Å². The third-order valence-electron chi connectivity index (χ3n) is 3.41. The van der Waals surface area contributed by atoms with Gasteiger partial charge in [-0.2, -0.15) is 0 Å². The summed E-state index contributed by atoms with van der Waals surface area (Å²) in [5, 5.41) is 0. The van der Waals surface area contributed by atoms with Gasteiger partial charge in [-0.25, -0.2) is 9.37 Å². The first-order chi connectivity index (χ1) is 9.99. The summed E-state index contributed by atoms with van der Waals surface area (Å²) >= 11 is 5.29. The Balaban J connectivity index is 2.13. The number of ether oxygens (including phenoxy) is 1. The van der Waals surface area contributed by atoms with Gasteiger partial charge in [-0.05, 0) is 26.1 Å². The van der Waals surface area contributed by atoms with E-state index < -0.39 is 5.82 Å². The second-order valence-corrected chi connectivity index (χ2v) is 5.16. The predicted octanol–water partition coefficient (Wildman–Crippen LogP) is 3.50. The van der Waals surface area contributed by atoms with E-state index in [0.717, 1.165) is 17.0 Å². The van der Waals surface area contributed by atoms with E-state index in [0.29, 0.717) is 22.7 Å². The molecule has 7 heteroatoms. The van der Waals surface area contributed by atoms with E-state index >= 15 is 0 Å². The Hall–Kier alpha value is -2.15. The Morgan fingerprint density at radius 2 is 2.19 bits per heavy atom. The molecular formula is C14H14FN3O2S. The topological polar surface area (TPSA) is 56.0 Å². The Labute approximate surface area is 125 Å². The van der Waals surface area contributed by atoms with E-state index in [1.165, 1.54) is 13.2 Å². The minimum Gasteiger partial charge on any atom is -0.494 e. The third-order valence-corrected chi connectivity index (χ3v) is 3.74. The average Bonchev–Trinajstić information content (AvgIpc) is 2.90.